The van der Waals surface area contributed by atoms with Gasteiger partial charge in [0.15, 0.2) is 5.13 Å². The minimum absolute atomic E-state index is 0.924. The first-order valence-corrected chi connectivity index (χ1v) is 9.59. The zero-order valence-corrected chi connectivity index (χ0v) is 15.3. The highest BCUT2D eigenvalue weighted by Crippen LogP contribution is 2.29. The second kappa shape index (κ2) is 7.42. The maximum absolute atomic E-state index is 5.22. The number of methoxy groups -OCH3 is 1. The van der Waals surface area contributed by atoms with Crippen LogP contribution in [0.3, 0.4) is 0 Å². The van der Waals surface area contributed by atoms with Crippen LogP contribution in [0, 0.1) is 0 Å². The van der Waals surface area contributed by atoms with Crippen LogP contribution < -0.4 is 9.64 Å². The van der Waals surface area contributed by atoms with E-state index in [4.69, 9.17) is 9.72 Å². The molecular weight excluding hydrogens is 330 g/mol. The second-order valence-electron chi connectivity index (χ2n) is 6.39. The maximum atomic E-state index is 5.22. The van der Waals surface area contributed by atoms with E-state index in [1.807, 2.05) is 12.1 Å². The molecule has 0 atom stereocenters. The van der Waals surface area contributed by atoms with Crippen molar-refractivity contribution in [2.75, 3.05) is 44.7 Å². The minimum Gasteiger partial charge on any atom is -0.497 e. The Morgan fingerprint density at radius 3 is 2.48 bits per heavy atom. The molecule has 0 radical (unpaired) electrons. The third-order valence-corrected chi connectivity index (χ3v) is 5.90. The number of hydrogen-bond acceptors (Lipinski definition) is 5. The fourth-order valence-corrected chi connectivity index (χ4v) is 4.25. The largest absolute Gasteiger partial charge is 0.497 e. The summed E-state index contributed by atoms with van der Waals surface area (Å²) in [6.45, 7) is 5.43. The summed E-state index contributed by atoms with van der Waals surface area (Å²) in [4.78, 5) is 9.76. The Morgan fingerprint density at radius 1 is 1.00 bits per heavy atom. The smallest absolute Gasteiger partial charge is 0.186 e. The van der Waals surface area contributed by atoms with Gasteiger partial charge in [0.25, 0.3) is 0 Å². The Hall–Kier alpha value is -2.11. The molecule has 0 N–H and O–H groups in total. The number of benzene rings is 2. The van der Waals surface area contributed by atoms with Gasteiger partial charge in [0.1, 0.15) is 5.75 Å². The van der Waals surface area contributed by atoms with Crippen molar-refractivity contribution >= 4 is 26.7 Å². The van der Waals surface area contributed by atoms with Crippen molar-refractivity contribution in [3.8, 4) is 5.75 Å². The van der Waals surface area contributed by atoms with Gasteiger partial charge >= 0.3 is 0 Å². The van der Waals surface area contributed by atoms with Gasteiger partial charge in [-0.15, -0.1) is 0 Å². The van der Waals surface area contributed by atoms with Crippen molar-refractivity contribution in [1.82, 2.24) is 9.88 Å². The molecule has 5 heteroatoms. The summed E-state index contributed by atoms with van der Waals surface area (Å²) in [5.74, 6) is 0.924. The van der Waals surface area contributed by atoms with E-state index < -0.39 is 0 Å². The number of aromatic nitrogens is 1. The first-order valence-electron chi connectivity index (χ1n) is 8.77. The molecule has 0 bridgehead atoms. The maximum Gasteiger partial charge on any atom is 0.186 e. The highest BCUT2D eigenvalue weighted by atomic mass is 32.1. The quantitative estimate of drug-likeness (QED) is 0.700. The first kappa shape index (κ1) is 16.4. The van der Waals surface area contributed by atoms with Crippen molar-refractivity contribution in [3.05, 3.63) is 54.1 Å². The van der Waals surface area contributed by atoms with Gasteiger partial charge < -0.3 is 9.64 Å². The summed E-state index contributed by atoms with van der Waals surface area (Å²) in [5, 5.41) is 1.16. The number of nitrogens with zero attached hydrogens (tertiary/aromatic N) is 3. The first-order chi connectivity index (χ1) is 12.3. The fraction of sp³-hybridized carbons (Fsp3) is 0.350. The third kappa shape index (κ3) is 3.78. The van der Waals surface area contributed by atoms with E-state index in [-0.39, 0.29) is 0 Å². The molecule has 0 amide bonds. The monoisotopic (exact) mass is 353 g/mol. The summed E-state index contributed by atoms with van der Waals surface area (Å²) in [7, 11) is 1.71. The molecule has 4 rings (SSSR count). The van der Waals surface area contributed by atoms with Crippen LogP contribution in [0.25, 0.3) is 10.2 Å². The predicted octanol–water partition coefficient (Wildman–Crippen LogP) is 3.67. The van der Waals surface area contributed by atoms with Crippen LogP contribution in [0.2, 0.25) is 0 Å². The lowest BCUT2D eigenvalue weighted by Crippen LogP contribution is -2.46. The molecule has 3 aromatic rings. The van der Waals surface area contributed by atoms with E-state index in [0.29, 0.717) is 0 Å². The summed E-state index contributed by atoms with van der Waals surface area (Å²) >= 11 is 1.80. The molecule has 2 heterocycles. The van der Waals surface area contributed by atoms with Crippen LogP contribution in [0.15, 0.2) is 48.5 Å². The standard InChI is InChI=1S/C20H23N3OS/c1-24-17-8-6-16(7-9-17)10-11-22-12-14-23(15-13-22)20-21-18-4-2-3-5-19(18)25-20/h2-9H,10-15H2,1H3. The zero-order chi connectivity index (χ0) is 17.1. The molecule has 1 saturated heterocycles. The molecule has 25 heavy (non-hydrogen) atoms. The second-order valence-corrected chi connectivity index (χ2v) is 7.40. The number of ether oxygens (including phenoxy) is 1. The molecule has 0 aliphatic carbocycles. The van der Waals surface area contributed by atoms with Gasteiger partial charge in [0.2, 0.25) is 0 Å². The van der Waals surface area contributed by atoms with Crippen molar-refractivity contribution in [3.63, 3.8) is 0 Å². The van der Waals surface area contributed by atoms with Gasteiger partial charge in [0, 0.05) is 32.7 Å². The summed E-state index contributed by atoms with van der Waals surface area (Å²) in [6.07, 6.45) is 1.09. The summed E-state index contributed by atoms with van der Waals surface area (Å²) in [5.41, 5.74) is 2.49. The average Bonchev–Trinajstić information content (AvgIpc) is 3.11. The summed E-state index contributed by atoms with van der Waals surface area (Å²) in [6, 6.07) is 16.8. The van der Waals surface area contributed by atoms with E-state index in [1.54, 1.807) is 18.4 Å². The van der Waals surface area contributed by atoms with Gasteiger partial charge in [-0.2, -0.15) is 0 Å². The number of rotatable bonds is 5. The molecule has 1 aliphatic rings. The molecule has 130 valence electrons. The molecule has 4 nitrogen and oxygen atoms in total. The Bertz CT molecular complexity index is 789. The van der Waals surface area contributed by atoms with Crippen LogP contribution in [0.5, 0.6) is 5.75 Å². The Kier molecular flexibility index (Phi) is 4.85. The molecule has 0 saturated carbocycles. The van der Waals surface area contributed by atoms with E-state index in [1.165, 1.54) is 10.3 Å². The molecule has 0 unspecified atom stereocenters. The van der Waals surface area contributed by atoms with E-state index in [2.05, 4.69) is 46.2 Å². The van der Waals surface area contributed by atoms with E-state index in [0.717, 1.165) is 55.5 Å². The molecule has 1 aromatic heterocycles. The lowest BCUT2D eigenvalue weighted by atomic mass is 10.1. The van der Waals surface area contributed by atoms with Crippen molar-refractivity contribution in [2.45, 2.75) is 6.42 Å². The van der Waals surface area contributed by atoms with Crippen LogP contribution in [-0.4, -0.2) is 49.7 Å². The molecule has 1 aliphatic heterocycles. The topological polar surface area (TPSA) is 28.6 Å². The van der Waals surface area contributed by atoms with Crippen molar-refractivity contribution in [2.24, 2.45) is 0 Å². The molecular formula is C20H23N3OS. The number of piperazine rings is 1. The number of para-hydroxylation sites is 1. The Balaban J connectivity index is 1.30. The van der Waals surface area contributed by atoms with Crippen LogP contribution in [0.4, 0.5) is 5.13 Å². The molecule has 2 aromatic carbocycles. The Morgan fingerprint density at radius 2 is 1.76 bits per heavy atom. The normalized spacial score (nSPS) is 15.6. The van der Waals surface area contributed by atoms with Crippen molar-refractivity contribution < 1.29 is 4.74 Å². The lowest BCUT2D eigenvalue weighted by Gasteiger charge is -2.34. The number of hydrogen-bond donors (Lipinski definition) is 0. The van der Waals surface area contributed by atoms with Gasteiger partial charge in [-0.05, 0) is 36.2 Å². The van der Waals surface area contributed by atoms with Crippen LogP contribution in [-0.2, 0) is 6.42 Å². The fourth-order valence-electron chi connectivity index (χ4n) is 3.24. The lowest BCUT2D eigenvalue weighted by molar-refractivity contribution is 0.261. The van der Waals surface area contributed by atoms with Crippen LogP contribution in [0.1, 0.15) is 5.56 Å². The third-order valence-electron chi connectivity index (χ3n) is 4.80. The van der Waals surface area contributed by atoms with Gasteiger partial charge in [-0.1, -0.05) is 35.6 Å². The van der Waals surface area contributed by atoms with E-state index in [9.17, 15) is 0 Å². The highest BCUT2D eigenvalue weighted by molar-refractivity contribution is 7.22. The molecule has 0 spiro atoms. The minimum atomic E-state index is 0.924. The summed E-state index contributed by atoms with van der Waals surface area (Å²) < 4.78 is 6.50. The van der Waals surface area contributed by atoms with Gasteiger partial charge in [-0.25, -0.2) is 4.98 Å². The Labute approximate surface area is 152 Å². The molecule has 1 fully saturated rings. The predicted molar refractivity (Wildman–Crippen MR) is 105 cm³/mol. The zero-order valence-electron chi connectivity index (χ0n) is 14.5. The number of thiazole rings is 1. The van der Waals surface area contributed by atoms with Gasteiger partial charge in [0.05, 0.1) is 17.3 Å². The van der Waals surface area contributed by atoms with E-state index >= 15 is 0 Å². The highest BCUT2D eigenvalue weighted by Gasteiger charge is 2.19. The van der Waals surface area contributed by atoms with Crippen LogP contribution >= 0.6 is 11.3 Å². The SMILES string of the molecule is COc1ccc(CCN2CCN(c3nc4ccccc4s3)CC2)cc1. The van der Waals surface area contributed by atoms with Crippen molar-refractivity contribution in [1.29, 1.82) is 0 Å². The van der Waals surface area contributed by atoms with Gasteiger partial charge in [-0.3, -0.25) is 4.90 Å². The number of anilines is 1. The average molecular weight is 353 g/mol. The number of fused-ring (bicyclic) bond motifs is 1.